The topological polar surface area (TPSA) is 39.2 Å². The van der Waals surface area contributed by atoms with Gasteiger partial charge in [0, 0.05) is 12.6 Å². The van der Waals surface area contributed by atoms with Gasteiger partial charge in [0.2, 0.25) is 0 Å². The van der Waals surface area contributed by atoms with Gasteiger partial charge in [-0.1, -0.05) is 45.4 Å². The molecule has 0 radical (unpaired) electrons. The van der Waals surface area contributed by atoms with Gasteiger partial charge in [-0.3, -0.25) is 9.78 Å². The second-order valence-corrected chi connectivity index (χ2v) is 4.87. The summed E-state index contributed by atoms with van der Waals surface area (Å²) >= 11 is 0. The lowest BCUT2D eigenvalue weighted by Gasteiger charge is -2.06. The zero-order valence-electron chi connectivity index (χ0n) is 12.2. The summed E-state index contributed by atoms with van der Waals surface area (Å²) in [7, 11) is 1.57. The number of carbonyl (C=O) groups excluding carboxylic acids is 1. The summed E-state index contributed by atoms with van der Waals surface area (Å²) in [6, 6.07) is 1.74. The summed E-state index contributed by atoms with van der Waals surface area (Å²) in [4.78, 5) is 16.0. The van der Waals surface area contributed by atoms with Gasteiger partial charge in [0.1, 0.15) is 5.75 Å². The number of hydrogen-bond donors (Lipinski definition) is 0. The van der Waals surface area contributed by atoms with E-state index in [0.29, 0.717) is 17.7 Å². The molecule has 0 bridgehead atoms. The van der Waals surface area contributed by atoms with Crippen molar-refractivity contribution in [2.75, 3.05) is 7.11 Å². The van der Waals surface area contributed by atoms with Crippen LogP contribution in [0.4, 0.5) is 0 Å². The molecule has 0 amide bonds. The second-order valence-electron chi connectivity index (χ2n) is 4.87. The molecule has 0 aliphatic rings. The predicted octanol–water partition coefficient (Wildman–Crippen LogP) is 4.41. The molecule has 1 aromatic heterocycles. The molecule has 0 aliphatic carbocycles. The minimum atomic E-state index is 0.160. The van der Waals surface area contributed by atoms with Gasteiger partial charge >= 0.3 is 0 Å². The van der Waals surface area contributed by atoms with Crippen LogP contribution in [0.1, 0.15) is 68.6 Å². The van der Waals surface area contributed by atoms with Gasteiger partial charge in [-0.15, -0.1) is 0 Å². The lowest BCUT2D eigenvalue weighted by Crippen LogP contribution is -2.02. The molecule has 3 nitrogen and oxygen atoms in total. The van der Waals surface area contributed by atoms with E-state index in [4.69, 9.17) is 4.74 Å². The van der Waals surface area contributed by atoms with E-state index in [9.17, 15) is 4.79 Å². The van der Waals surface area contributed by atoms with Gasteiger partial charge in [0.05, 0.1) is 18.9 Å². The first-order chi connectivity index (χ1) is 9.29. The van der Waals surface area contributed by atoms with Gasteiger partial charge < -0.3 is 4.74 Å². The number of pyridine rings is 1. The SMILES string of the molecule is CCCCCCCCCC(=O)c1ccncc1OC. The molecule has 1 aromatic rings. The lowest BCUT2D eigenvalue weighted by atomic mass is 10.0. The Hall–Kier alpha value is -1.38. The summed E-state index contributed by atoms with van der Waals surface area (Å²) in [5.74, 6) is 0.739. The fourth-order valence-electron chi connectivity index (χ4n) is 2.15. The van der Waals surface area contributed by atoms with Crippen molar-refractivity contribution in [1.82, 2.24) is 4.98 Å². The first kappa shape index (κ1) is 15.7. The summed E-state index contributed by atoms with van der Waals surface area (Å²) in [5, 5.41) is 0. The van der Waals surface area contributed by atoms with Crippen molar-refractivity contribution in [2.24, 2.45) is 0 Å². The molecule has 0 saturated carbocycles. The first-order valence-electron chi connectivity index (χ1n) is 7.30. The maximum absolute atomic E-state index is 12.1. The number of Topliss-reactive ketones (excluding diaryl/α,β-unsaturated/α-hetero) is 1. The monoisotopic (exact) mass is 263 g/mol. The maximum Gasteiger partial charge on any atom is 0.166 e. The molecule has 1 rings (SSSR count). The van der Waals surface area contributed by atoms with Crippen LogP contribution in [0.2, 0.25) is 0 Å². The Bertz CT molecular complexity index is 377. The largest absolute Gasteiger partial charge is 0.494 e. The highest BCUT2D eigenvalue weighted by Gasteiger charge is 2.11. The lowest BCUT2D eigenvalue weighted by molar-refractivity contribution is 0.0976. The molecule has 0 aromatic carbocycles. The Morgan fingerprint density at radius 1 is 1.16 bits per heavy atom. The summed E-state index contributed by atoms with van der Waals surface area (Å²) in [5.41, 5.74) is 0.656. The van der Waals surface area contributed by atoms with Crippen LogP contribution in [0, 0.1) is 0 Å². The van der Waals surface area contributed by atoms with Crippen LogP contribution < -0.4 is 4.74 Å². The van der Waals surface area contributed by atoms with Gasteiger partial charge in [0.15, 0.2) is 5.78 Å². The number of carbonyl (C=O) groups is 1. The Labute approximate surface area is 116 Å². The van der Waals surface area contributed by atoms with Gasteiger partial charge in [-0.05, 0) is 12.5 Å². The molecule has 0 unspecified atom stereocenters. The molecule has 1 heterocycles. The molecule has 0 spiro atoms. The quantitative estimate of drug-likeness (QED) is 0.463. The highest BCUT2D eigenvalue weighted by molar-refractivity contribution is 5.98. The minimum Gasteiger partial charge on any atom is -0.494 e. The molecule has 106 valence electrons. The van der Waals surface area contributed by atoms with Crippen molar-refractivity contribution in [3.63, 3.8) is 0 Å². The first-order valence-corrected chi connectivity index (χ1v) is 7.30. The highest BCUT2D eigenvalue weighted by atomic mass is 16.5. The summed E-state index contributed by atoms with van der Waals surface area (Å²) < 4.78 is 5.15. The normalized spacial score (nSPS) is 10.4. The van der Waals surface area contributed by atoms with Crippen LogP contribution in [0.5, 0.6) is 5.75 Å². The minimum absolute atomic E-state index is 0.160. The van der Waals surface area contributed by atoms with Crippen LogP contribution >= 0.6 is 0 Å². The number of rotatable bonds is 10. The number of aromatic nitrogens is 1. The maximum atomic E-state index is 12.1. The van der Waals surface area contributed by atoms with E-state index in [-0.39, 0.29) is 5.78 Å². The van der Waals surface area contributed by atoms with Gasteiger partial charge in [-0.25, -0.2) is 0 Å². The Morgan fingerprint density at radius 3 is 2.53 bits per heavy atom. The van der Waals surface area contributed by atoms with Crippen molar-refractivity contribution in [3.8, 4) is 5.75 Å². The van der Waals surface area contributed by atoms with Crippen LogP contribution in [-0.4, -0.2) is 17.9 Å². The summed E-state index contributed by atoms with van der Waals surface area (Å²) in [6.07, 6.45) is 12.4. The molecular formula is C16H25NO2. The zero-order valence-corrected chi connectivity index (χ0v) is 12.2. The average molecular weight is 263 g/mol. The van der Waals surface area contributed by atoms with Crippen LogP contribution in [0.15, 0.2) is 18.5 Å². The van der Waals surface area contributed by atoms with Crippen LogP contribution in [0.3, 0.4) is 0 Å². The number of hydrogen-bond acceptors (Lipinski definition) is 3. The Morgan fingerprint density at radius 2 is 1.84 bits per heavy atom. The van der Waals surface area contributed by atoms with E-state index < -0.39 is 0 Å². The third-order valence-corrected chi connectivity index (χ3v) is 3.31. The van der Waals surface area contributed by atoms with Crippen molar-refractivity contribution >= 4 is 5.78 Å². The number of methoxy groups -OCH3 is 1. The smallest absolute Gasteiger partial charge is 0.166 e. The molecule has 3 heteroatoms. The molecule has 0 fully saturated rings. The third kappa shape index (κ3) is 5.86. The van der Waals surface area contributed by atoms with Gasteiger partial charge in [0.25, 0.3) is 0 Å². The van der Waals surface area contributed by atoms with Crippen molar-refractivity contribution in [3.05, 3.63) is 24.0 Å². The van der Waals surface area contributed by atoms with E-state index in [1.165, 1.54) is 32.1 Å². The van der Waals surface area contributed by atoms with Crippen LogP contribution in [0.25, 0.3) is 0 Å². The van der Waals surface area contributed by atoms with Crippen LogP contribution in [-0.2, 0) is 0 Å². The highest BCUT2D eigenvalue weighted by Crippen LogP contribution is 2.19. The van der Waals surface area contributed by atoms with Gasteiger partial charge in [-0.2, -0.15) is 0 Å². The van der Waals surface area contributed by atoms with E-state index in [0.717, 1.165) is 12.8 Å². The van der Waals surface area contributed by atoms with Crippen molar-refractivity contribution in [1.29, 1.82) is 0 Å². The van der Waals surface area contributed by atoms with E-state index in [1.807, 2.05) is 0 Å². The zero-order chi connectivity index (χ0) is 13.9. The van der Waals surface area contributed by atoms with E-state index in [2.05, 4.69) is 11.9 Å². The fourth-order valence-corrected chi connectivity index (χ4v) is 2.15. The predicted molar refractivity (Wildman–Crippen MR) is 77.7 cm³/mol. The number of ether oxygens (including phenoxy) is 1. The van der Waals surface area contributed by atoms with Crippen molar-refractivity contribution < 1.29 is 9.53 Å². The number of ketones is 1. The summed E-state index contributed by atoms with van der Waals surface area (Å²) in [6.45, 7) is 2.22. The third-order valence-electron chi connectivity index (χ3n) is 3.31. The van der Waals surface area contributed by atoms with E-state index >= 15 is 0 Å². The number of unbranched alkanes of at least 4 members (excludes halogenated alkanes) is 6. The molecule has 0 aliphatic heterocycles. The second kappa shape index (κ2) is 9.54. The Balaban J connectivity index is 2.24. The molecule has 0 N–H and O–H groups in total. The molecular weight excluding hydrogens is 238 g/mol. The fraction of sp³-hybridized carbons (Fsp3) is 0.625. The van der Waals surface area contributed by atoms with E-state index in [1.54, 1.807) is 25.6 Å². The standard InChI is InChI=1S/C16H25NO2/c1-3-4-5-6-7-8-9-10-15(18)14-11-12-17-13-16(14)19-2/h11-13H,3-10H2,1-2H3. The number of nitrogens with zero attached hydrogens (tertiary/aromatic N) is 1. The van der Waals surface area contributed by atoms with Crippen molar-refractivity contribution in [2.45, 2.75) is 58.3 Å². The average Bonchev–Trinajstić information content (AvgIpc) is 2.46. The Kier molecular flexibility index (Phi) is 7.87. The molecule has 0 atom stereocenters. The molecule has 19 heavy (non-hydrogen) atoms. The molecule has 0 saturated heterocycles.